The fourth-order valence-corrected chi connectivity index (χ4v) is 6.24. The Bertz CT molecular complexity index is 1720. The van der Waals surface area contributed by atoms with Crippen molar-refractivity contribution in [2.75, 3.05) is 44.2 Å². The number of hydrogen-bond donors (Lipinski definition) is 1. The van der Waals surface area contributed by atoms with E-state index < -0.39 is 0 Å². The number of nitrogens with zero attached hydrogens (tertiary/aromatic N) is 3. The predicted octanol–water partition coefficient (Wildman–Crippen LogP) is 8.03. The van der Waals surface area contributed by atoms with Crippen LogP contribution in [0.4, 0.5) is 5.69 Å². The topological polar surface area (TPSA) is 57.7 Å². The second kappa shape index (κ2) is 14.6. The summed E-state index contributed by atoms with van der Waals surface area (Å²) in [7, 11) is 0. The van der Waals surface area contributed by atoms with Crippen LogP contribution < -0.4 is 15.0 Å². The Balaban J connectivity index is 1.22. The lowest BCUT2D eigenvalue weighted by Gasteiger charge is -2.36. The molecule has 0 saturated carbocycles. The molecule has 7 heteroatoms. The molecule has 5 aromatic rings. The summed E-state index contributed by atoms with van der Waals surface area (Å²) in [5, 5.41) is 4.86. The standard InChI is InChI=1S/C38H39ClN4O2/c1-2-33(28-13-5-3-6-14-28)41-38(44)35-32-19-9-10-20-34(32)40-36(29-15-7-4-8-16-29)37(35)45-26-12-21-42-22-24-43(25-23-42)31-18-11-17-30(39)27-31/h3-11,13-20,27,33H,2,12,21-26H2,1H3,(H,41,44). The number of amides is 1. The van der Waals surface area contributed by atoms with Gasteiger partial charge < -0.3 is 15.0 Å². The third-order valence-electron chi connectivity index (χ3n) is 8.45. The molecular weight excluding hydrogens is 580 g/mol. The number of fused-ring (bicyclic) bond motifs is 1. The largest absolute Gasteiger partial charge is 0.490 e. The molecular formula is C38H39ClN4O2. The Morgan fingerprint density at radius 1 is 0.889 bits per heavy atom. The van der Waals surface area contributed by atoms with E-state index in [0.29, 0.717) is 23.6 Å². The van der Waals surface area contributed by atoms with Crippen LogP contribution in [-0.4, -0.2) is 55.1 Å². The molecule has 6 nitrogen and oxygen atoms in total. The van der Waals surface area contributed by atoms with Crippen LogP contribution in [0, 0.1) is 0 Å². The van der Waals surface area contributed by atoms with Gasteiger partial charge in [-0.3, -0.25) is 9.69 Å². The number of aromatic nitrogens is 1. The average molecular weight is 619 g/mol. The number of carbonyl (C=O) groups excluding carboxylic acids is 1. The molecule has 1 N–H and O–H groups in total. The lowest BCUT2D eigenvalue weighted by Crippen LogP contribution is -2.46. The molecule has 0 bridgehead atoms. The zero-order valence-corrected chi connectivity index (χ0v) is 26.4. The molecule has 1 saturated heterocycles. The van der Waals surface area contributed by atoms with Gasteiger partial charge in [0.05, 0.1) is 23.7 Å². The Hall–Kier alpha value is -4.39. The molecule has 2 heterocycles. The van der Waals surface area contributed by atoms with Crippen LogP contribution in [0.3, 0.4) is 0 Å². The van der Waals surface area contributed by atoms with Gasteiger partial charge in [-0.1, -0.05) is 103 Å². The summed E-state index contributed by atoms with van der Waals surface area (Å²) in [6, 6.07) is 35.9. The number of nitrogens with one attached hydrogen (secondary N) is 1. The summed E-state index contributed by atoms with van der Waals surface area (Å²) in [4.78, 5) is 24.1. The molecule has 1 fully saturated rings. The van der Waals surface area contributed by atoms with Crippen molar-refractivity contribution in [2.24, 2.45) is 0 Å². The maximum Gasteiger partial charge on any atom is 0.256 e. The molecule has 1 aromatic heterocycles. The Morgan fingerprint density at radius 3 is 2.33 bits per heavy atom. The van der Waals surface area contributed by atoms with Gasteiger partial charge in [-0.25, -0.2) is 4.98 Å². The van der Waals surface area contributed by atoms with Crippen molar-refractivity contribution >= 4 is 34.1 Å². The molecule has 1 atom stereocenters. The summed E-state index contributed by atoms with van der Waals surface area (Å²) >= 11 is 6.22. The monoisotopic (exact) mass is 618 g/mol. The number of para-hydroxylation sites is 1. The summed E-state index contributed by atoms with van der Waals surface area (Å²) in [5.41, 5.74) is 5.14. The van der Waals surface area contributed by atoms with Gasteiger partial charge >= 0.3 is 0 Å². The smallest absolute Gasteiger partial charge is 0.256 e. The van der Waals surface area contributed by atoms with Crippen molar-refractivity contribution in [3.63, 3.8) is 0 Å². The summed E-state index contributed by atoms with van der Waals surface area (Å²) in [6.45, 7) is 7.35. The molecule has 230 valence electrons. The van der Waals surface area contributed by atoms with Crippen molar-refractivity contribution in [2.45, 2.75) is 25.8 Å². The second-order valence-electron chi connectivity index (χ2n) is 11.4. The summed E-state index contributed by atoms with van der Waals surface area (Å²) < 4.78 is 6.59. The Morgan fingerprint density at radius 2 is 1.60 bits per heavy atom. The lowest BCUT2D eigenvalue weighted by atomic mass is 10.00. The summed E-state index contributed by atoms with van der Waals surface area (Å²) in [5.74, 6) is 0.375. The highest BCUT2D eigenvalue weighted by molar-refractivity contribution is 6.30. The van der Waals surface area contributed by atoms with E-state index in [1.54, 1.807) is 0 Å². The first-order valence-corrected chi connectivity index (χ1v) is 16.2. The number of ether oxygens (including phenoxy) is 1. The highest BCUT2D eigenvalue weighted by atomic mass is 35.5. The van der Waals surface area contributed by atoms with Gasteiger partial charge in [0.1, 0.15) is 5.69 Å². The van der Waals surface area contributed by atoms with Crippen LogP contribution in [-0.2, 0) is 0 Å². The quantitative estimate of drug-likeness (QED) is 0.152. The van der Waals surface area contributed by atoms with Gasteiger partial charge in [-0.15, -0.1) is 0 Å². The average Bonchev–Trinajstić information content (AvgIpc) is 3.09. The van der Waals surface area contributed by atoms with Crippen LogP contribution in [0.25, 0.3) is 22.2 Å². The number of hydrogen-bond acceptors (Lipinski definition) is 5. The zero-order valence-electron chi connectivity index (χ0n) is 25.7. The SMILES string of the molecule is CCC(NC(=O)c1c(OCCCN2CCN(c3cccc(Cl)c3)CC2)c(-c2ccccc2)nc2ccccc12)c1ccccc1. The van der Waals surface area contributed by atoms with Crippen LogP contribution in [0.15, 0.2) is 109 Å². The number of pyridine rings is 1. The van der Waals surface area contributed by atoms with E-state index in [2.05, 4.69) is 40.2 Å². The maximum atomic E-state index is 14.2. The third kappa shape index (κ3) is 7.30. The molecule has 1 aliphatic heterocycles. The van der Waals surface area contributed by atoms with E-state index in [9.17, 15) is 4.79 Å². The number of carbonyl (C=O) groups is 1. The van der Waals surface area contributed by atoms with Gasteiger partial charge in [0, 0.05) is 54.4 Å². The number of rotatable bonds is 11. The highest BCUT2D eigenvalue weighted by Gasteiger charge is 2.25. The van der Waals surface area contributed by atoms with Gasteiger partial charge in [0.15, 0.2) is 5.75 Å². The summed E-state index contributed by atoms with van der Waals surface area (Å²) in [6.07, 6.45) is 1.60. The molecule has 6 rings (SSSR count). The minimum Gasteiger partial charge on any atom is -0.490 e. The minimum atomic E-state index is -0.159. The number of benzene rings is 4. The van der Waals surface area contributed by atoms with Gasteiger partial charge in [-0.05, 0) is 42.7 Å². The van der Waals surface area contributed by atoms with E-state index in [1.165, 1.54) is 5.69 Å². The fourth-order valence-electron chi connectivity index (χ4n) is 6.05. The van der Waals surface area contributed by atoms with Crippen molar-refractivity contribution in [1.29, 1.82) is 0 Å². The minimum absolute atomic E-state index is 0.121. The van der Waals surface area contributed by atoms with Crippen molar-refractivity contribution in [3.05, 3.63) is 125 Å². The molecule has 0 aliphatic carbocycles. The first kappa shape index (κ1) is 30.6. The molecule has 0 spiro atoms. The molecule has 1 aliphatic rings. The second-order valence-corrected chi connectivity index (χ2v) is 11.8. The normalized spacial score (nSPS) is 14.3. The Labute approximate surface area is 270 Å². The van der Waals surface area contributed by atoms with Gasteiger partial charge in [0.25, 0.3) is 5.91 Å². The van der Waals surface area contributed by atoms with Crippen LogP contribution in [0.2, 0.25) is 5.02 Å². The van der Waals surface area contributed by atoms with Crippen LogP contribution in [0.1, 0.15) is 41.7 Å². The van der Waals surface area contributed by atoms with E-state index in [0.717, 1.165) is 72.6 Å². The van der Waals surface area contributed by atoms with Crippen LogP contribution in [0.5, 0.6) is 5.75 Å². The van der Waals surface area contributed by atoms with Crippen molar-refractivity contribution in [1.82, 2.24) is 15.2 Å². The number of anilines is 1. The van der Waals surface area contributed by atoms with Gasteiger partial charge in [0.2, 0.25) is 0 Å². The molecule has 1 amide bonds. The van der Waals surface area contributed by atoms with Crippen LogP contribution >= 0.6 is 11.6 Å². The highest BCUT2D eigenvalue weighted by Crippen LogP contribution is 2.37. The fraction of sp³-hybridized carbons (Fsp3) is 0.263. The lowest BCUT2D eigenvalue weighted by molar-refractivity contribution is 0.0933. The van der Waals surface area contributed by atoms with E-state index >= 15 is 0 Å². The maximum absolute atomic E-state index is 14.2. The first-order valence-electron chi connectivity index (χ1n) is 15.8. The molecule has 45 heavy (non-hydrogen) atoms. The van der Waals surface area contributed by atoms with Gasteiger partial charge in [-0.2, -0.15) is 0 Å². The van der Waals surface area contributed by atoms with Crippen molar-refractivity contribution in [3.8, 4) is 17.0 Å². The zero-order chi connectivity index (χ0) is 31.0. The predicted molar refractivity (Wildman–Crippen MR) is 184 cm³/mol. The van der Waals surface area contributed by atoms with E-state index in [-0.39, 0.29) is 11.9 Å². The number of piperazine rings is 1. The van der Waals surface area contributed by atoms with E-state index in [4.69, 9.17) is 21.3 Å². The number of halogens is 1. The molecule has 0 radical (unpaired) electrons. The van der Waals surface area contributed by atoms with Crippen molar-refractivity contribution < 1.29 is 9.53 Å². The van der Waals surface area contributed by atoms with E-state index in [1.807, 2.05) is 91.0 Å². The molecule has 4 aromatic carbocycles. The Kier molecular flexibility index (Phi) is 9.93. The molecule has 1 unspecified atom stereocenters. The first-order chi connectivity index (χ1) is 22.1. The third-order valence-corrected chi connectivity index (χ3v) is 8.68.